The van der Waals surface area contributed by atoms with Gasteiger partial charge in [-0.1, -0.05) is 30.3 Å². The minimum atomic E-state index is -3.74. The maximum Gasteiger partial charge on any atom is 0.241 e. The normalized spacial score (nSPS) is 12.5. The van der Waals surface area contributed by atoms with E-state index < -0.39 is 16.1 Å². The Morgan fingerprint density at radius 1 is 1.10 bits per heavy atom. The Labute approximate surface area is 172 Å². The lowest BCUT2D eigenvalue weighted by Crippen LogP contribution is -2.30. The third-order valence-corrected chi connectivity index (χ3v) is 6.99. The van der Waals surface area contributed by atoms with Crippen LogP contribution in [0.5, 0.6) is 0 Å². The summed E-state index contributed by atoms with van der Waals surface area (Å²) < 4.78 is 29.6. The van der Waals surface area contributed by atoms with E-state index in [4.69, 9.17) is 5.26 Å². The molecule has 0 spiro atoms. The second-order valence-corrected chi connectivity index (χ2v) is 9.17. The first kappa shape index (κ1) is 19.2. The summed E-state index contributed by atoms with van der Waals surface area (Å²) in [6.07, 6.45) is 3.72. The van der Waals surface area contributed by atoms with Gasteiger partial charge in [-0.3, -0.25) is 4.98 Å². The van der Waals surface area contributed by atoms with Crippen LogP contribution < -0.4 is 4.72 Å². The number of rotatable bonds is 6. The first-order valence-electron chi connectivity index (χ1n) is 8.82. The molecule has 0 saturated carbocycles. The van der Waals surface area contributed by atoms with Crippen molar-refractivity contribution in [1.82, 2.24) is 14.7 Å². The zero-order valence-corrected chi connectivity index (χ0v) is 16.8. The Morgan fingerprint density at radius 2 is 1.93 bits per heavy atom. The molecule has 0 radical (unpaired) electrons. The summed E-state index contributed by atoms with van der Waals surface area (Å²) >= 11 is 1.43. The molecule has 2 heterocycles. The average molecular weight is 421 g/mol. The molecule has 0 fully saturated rings. The van der Waals surface area contributed by atoms with Crippen LogP contribution in [0.3, 0.4) is 0 Å². The van der Waals surface area contributed by atoms with E-state index in [1.165, 1.54) is 11.3 Å². The molecule has 1 N–H and O–H groups in total. The lowest BCUT2D eigenvalue weighted by molar-refractivity contribution is 0.554. The molecule has 4 aromatic rings. The summed E-state index contributed by atoms with van der Waals surface area (Å²) in [5.74, 6) is 0. The fraction of sp³-hybridized carbons (Fsp3) is 0.0952. The molecule has 0 aliphatic heterocycles. The summed E-state index contributed by atoms with van der Waals surface area (Å²) in [6.45, 7) is 0. The van der Waals surface area contributed by atoms with Gasteiger partial charge in [-0.2, -0.15) is 5.26 Å². The first-order valence-corrected chi connectivity index (χ1v) is 11.1. The van der Waals surface area contributed by atoms with Crippen molar-refractivity contribution in [3.63, 3.8) is 0 Å². The number of nitrogens with one attached hydrogen (secondary N) is 1. The van der Waals surface area contributed by atoms with E-state index in [9.17, 15) is 8.42 Å². The highest BCUT2D eigenvalue weighted by Gasteiger charge is 2.24. The topological polar surface area (TPSA) is 95.7 Å². The van der Waals surface area contributed by atoms with E-state index in [-0.39, 0.29) is 4.90 Å². The van der Waals surface area contributed by atoms with Gasteiger partial charge in [-0.15, -0.1) is 11.3 Å². The van der Waals surface area contributed by atoms with Crippen LogP contribution in [0.1, 0.15) is 22.2 Å². The summed E-state index contributed by atoms with van der Waals surface area (Å²) in [4.78, 5) is 8.87. The fourth-order valence-electron chi connectivity index (χ4n) is 2.98. The van der Waals surface area contributed by atoms with Crippen LogP contribution in [0.15, 0.2) is 78.0 Å². The number of aromatic nitrogens is 2. The quantitative estimate of drug-likeness (QED) is 0.511. The van der Waals surface area contributed by atoms with Gasteiger partial charge in [0.05, 0.1) is 39.0 Å². The Hall–Kier alpha value is -3.12. The van der Waals surface area contributed by atoms with Gasteiger partial charge < -0.3 is 0 Å². The molecule has 4 rings (SSSR count). The molecule has 2 aromatic heterocycles. The summed E-state index contributed by atoms with van der Waals surface area (Å²) in [5, 5.41) is 9.81. The summed E-state index contributed by atoms with van der Waals surface area (Å²) in [5.41, 5.74) is 2.10. The van der Waals surface area contributed by atoms with Crippen LogP contribution in [0.2, 0.25) is 0 Å². The highest BCUT2D eigenvalue weighted by atomic mass is 32.2. The maximum atomic E-state index is 12.9. The number of hydrogen-bond donors (Lipinski definition) is 1. The van der Waals surface area contributed by atoms with E-state index >= 15 is 0 Å². The summed E-state index contributed by atoms with van der Waals surface area (Å²) in [7, 11) is -3.74. The number of sulfonamides is 1. The molecule has 1 unspecified atom stereocenters. The molecule has 6 nitrogen and oxygen atoms in total. The third-order valence-electron chi connectivity index (χ3n) is 4.35. The predicted octanol–water partition coefficient (Wildman–Crippen LogP) is 3.83. The SMILES string of the molecule is N#Cc1cccc(CC(NS(=O)(=O)c2ccccc2)c2nc3cnccc3s2)c1. The van der Waals surface area contributed by atoms with Crippen molar-refractivity contribution in [3.8, 4) is 6.07 Å². The molecule has 0 aliphatic carbocycles. The number of fused-ring (bicyclic) bond motifs is 1. The first-order chi connectivity index (χ1) is 14.0. The number of nitriles is 1. The Morgan fingerprint density at radius 3 is 2.69 bits per heavy atom. The van der Waals surface area contributed by atoms with Crippen LogP contribution in [-0.4, -0.2) is 18.4 Å². The van der Waals surface area contributed by atoms with Crippen molar-refractivity contribution in [2.24, 2.45) is 0 Å². The van der Waals surface area contributed by atoms with Gasteiger partial charge in [0.1, 0.15) is 5.01 Å². The second kappa shape index (κ2) is 8.09. The zero-order valence-electron chi connectivity index (χ0n) is 15.2. The molecule has 0 saturated heterocycles. The van der Waals surface area contributed by atoms with E-state index in [1.54, 1.807) is 60.9 Å². The monoisotopic (exact) mass is 420 g/mol. The number of benzene rings is 2. The lowest BCUT2D eigenvalue weighted by atomic mass is 10.0. The predicted molar refractivity (Wildman–Crippen MR) is 112 cm³/mol. The minimum Gasteiger partial charge on any atom is -0.262 e. The van der Waals surface area contributed by atoms with Crippen molar-refractivity contribution in [3.05, 3.63) is 89.2 Å². The zero-order chi connectivity index (χ0) is 20.3. The van der Waals surface area contributed by atoms with Gasteiger partial charge in [0.15, 0.2) is 0 Å². The number of hydrogen-bond acceptors (Lipinski definition) is 6. The van der Waals surface area contributed by atoms with Crippen molar-refractivity contribution >= 4 is 31.6 Å². The van der Waals surface area contributed by atoms with Crippen molar-refractivity contribution in [1.29, 1.82) is 5.26 Å². The maximum absolute atomic E-state index is 12.9. The van der Waals surface area contributed by atoms with Crippen LogP contribution in [0.4, 0.5) is 0 Å². The van der Waals surface area contributed by atoms with Crippen molar-refractivity contribution in [2.45, 2.75) is 17.4 Å². The Kier molecular flexibility index (Phi) is 5.36. The highest BCUT2D eigenvalue weighted by molar-refractivity contribution is 7.89. The van der Waals surface area contributed by atoms with Gasteiger partial charge in [0.25, 0.3) is 0 Å². The Balaban J connectivity index is 1.73. The molecule has 144 valence electrons. The molecule has 1 atom stereocenters. The van der Waals surface area contributed by atoms with Crippen LogP contribution >= 0.6 is 11.3 Å². The number of nitrogens with zero attached hydrogens (tertiary/aromatic N) is 3. The van der Waals surface area contributed by atoms with E-state index in [1.807, 2.05) is 12.1 Å². The molecular weight excluding hydrogens is 404 g/mol. The molecule has 29 heavy (non-hydrogen) atoms. The molecule has 0 bridgehead atoms. The van der Waals surface area contributed by atoms with E-state index in [0.717, 1.165) is 15.8 Å². The van der Waals surface area contributed by atoms with Gasteiger partial charge >= 0.3 is 0 Å². The van der Waals surface area contributed by atoms with Crippen molar-refractivity contribution < 1.29 is 8.42 Å². The second-order valence-electron chi connectivity index (χ2n) is 6.40. The van der Waals surface area contributed by atoms with Crippen molar-refractivity contribution in [2.75, 3.05) is 0 Å². The van der Waals surface area contributed by atoms with Gasteiger partial charge in [0.2, 0.25) is 10.0 Å². The number of thiazole rings is 1. The fourth-order valence-corrected chi connectivity index (χ4v) is 5.27. The van der Waals surface area contributed by atoms with Gasteiger partial charge in [0, 0.05) is 6.20 Å². The number of pyridine rings is 1. The Bertz CT molecular complexity index is 1260. The average Bonchev–Trinajstić information content (AvgIpc) is 3.18. The van der Waals surface area contributed by atoms with Crippen LogP contribution in [-0.2, 0) is 16.4 Å². The highest BCUT2D eigenvalue weighted by Crippen LogP contribution is 2.29. The minimum absolute atomic E-state index is 0.193. The summed E-state index contributed by atoms with van der Waals surface area (Å²) in [6, 6.07) is 18.8. The van der Waals surface area contributed by atoms with E-state index in [0.29, 0.717) is 17.0 Å². The van der Waals surface area contributed by atoms with Gasteiger partial charge in [-0.05, 0) is 42.3 Å². The standard InChI is InChI=1S/C21H16N4O2S2/c22-13-16-6-4-5-15(11-16)12-18(21-24-19-14-23-10-9-20(19)28-21)25-29(26,27)17-7-2-1-3-8-17/h1-11,14,18,25H,12H2. The third kappa shape index (κ3) is 4.32. The molecule has 0 aliphatic rings. The van der Waals surface area contributed by atoms with E-state index in [2.05, 4.69) is 20.8 Å². The van der Waals surface area contributed by atoms with Crippen LogP contribution in [0, 0.1) is 11.3 Å². The molecule has 0 amide bonds. The molecular formula is C21H16N4O2S2. The van der Waals surface area contributed by atoms with Gasteiger partial charge in [-0.25, -0.2) is 18.1 Å². The molecule has 2 aromatic carbocycles. The largest absolute Gasteiger partial charge is 0.262 e. The molecule has 8 heteroatoms. The van der Waals surface area contributed by atoms with Crippen LogP contribution in [0.25, 0.3) is 10.2 Å². The lowest BCUT2D eigenvalue weighted by Gasteiger charge is -2.17. The smallest absolute Gasteiger partial charge is 0.241 e.